The van der Waals surface area contributed by atoms with E-state index in [4.69, 9.17) is 16.3 Å². The smallest absolute Gasteiger partial charge is 0.338 e. The minimum atomic E-state index is -0.775. The molecule has 8 heteroatoms. The molecule has 0 amide bonds. The van der Waals surface area contributed by atoms with Gasteiger partial charge in [0.1, 0.15) is 5.82 Å². The number of carbonyl (C=O) groups is 1. The zero-order valence-electron chi connectivity index (χ0n) is 16.1. The Balaban J connectivity index is 1.99. The third-order valence-electron chi connectivity index (χ3n) is 4.80. The van der Waals surface area contributed by atoms with Gasteiger partial charge in [-0.3, -0.25) is 9.36 Å². The fraction of sp³-hybridized carbons (Fsp3) is 0.136. The van der Waals surface area contributed by atoms with Crippen molar-refractivity contribution < 1.29 is 13.9 Å². The lowest BCUT2D eigenvalue weighted by molar-refractivity contribution is -0.136. The molecule has 2 heterocycles. The molecule has 4 rings (SSSR count). The molecule has 0 saturated heterocycles. The van der Waals surface area contributed by atoms with Gasteiger partial charge in [-0.2, -0.15) is 0 Å². The first kappa shape index (κ1) is 20.3. The van der Waals surface area contributed by atoms with E-state index in [0.29, 0.717) is 31.2 Å². The first-order valence-electron chi connectivity index (χ1n) is 9.01. The molecule has 0 aliphatic carbocycles. The Bertz CT molecular complexity index is 1360. The lowest BCUT2D eigenvalue weighted by atomic mass is 9.96. The Kier molecular flexibility index (Phi) is 5.40. The van der Waals surface area contributed by atoms with Crippen molar-refractivity contribution in [2.45, 2.75) is 13.0 Å². The van der Waals surface area contributed by atoms with Gasteiger partial charge in [0.05, 0.1) is 29.0 Å². The highest BCUT2D eigenvalue weighted by Crippen LogP contribution is 2.30. The summed E-state index contributed by atoms with van der Waals surface area (Å²) in [5.41, 5.74) is 1.65. The summed E-state index contributed by atoms with van der Waals surface area (Å²) in [6, 6.07) is 12.1. The molecule has 1 aliphatic rings. The number of hydrogen-bond acceptors (Lipinski definition) is 5. The van der Waals surface area contributed by atoms with Crippen molar-refractivity contribution >= 4 is 35.0 Å². The van der Waals surface area contributed by atoms with E-state index in [2.05, 4.69) is 4.99 Å². The van der Waals surface area contributed by atoms with Crippen LogP contribution in [0.1, 0.15) is 24.1 Å². The Hall–Kier alpha value is -3.03. The van der Waals surface area contributed by atoms with Gasteiger partial charge in [0.2, 0.25) is 0 Å². The summed E-state index contributed by atoms with van der Waals surface area (Å²) in [5, 5.41) is 0.518. The van der Waals surface area contributed by atoms with E-state index in [1.807, 2.05) is 18.2 Å². The summed E-state index contributed by atoms with van der Waals surface area (Å²) in [5.74, 6) is -1.00. The molecule has 0 N–H and O–H groups in total. The minimum Gasteiger partial charge on any atom is -0.466 e. The quantitative estimate of drug-likeness (QED) is 0.585. The predicted octanol–water partition coefficient (Wildman–Crippen LogP) is 3.20. The third-order valence-corrected chi connectivity index (χ3v) is 6.13. The number of ether oxygens (including phenoxy) is 1. The van der Waals surface area contributed by atoms with Gasteiger partial charge < -0.3 is 4.74 Å². The molecule has 0 unspecified atom stereocenters. The van der Waals surface area contributed by atoms with Crippen LogP contribution in [0.3, 0.4) is 0 Å². The van der Waals surface area contributed by atoms with E-state index in [1.54, 1.807) is 31.2 Å². The van der Waals surface area contributed by atoms with Gasteiger partial charge in [0.15, 0.2) is 4.80 Å². The molecule has 1 aliphatic heterocycles. The average molecular weight is 443 g/mol. The second-order valence-corrected chi connectivity index (χ2v) is 8.06. The van der Waals surface area contributed by atoms with Crippen LogP contribution in [0.5, 0.6) is 0 Å². The van der Waals surface area contributed by atoms with E-state index in [9.17, 15) is 14.0 Å². The van der Waals surface area contributed by atoms with Crippen LogP contribution < -0.4 is 14.9 Å². The molecule has 0 bridgehead atoms. The van der Waals surface area contributed by atoms with E-state index in [0.717, 1.165) is 0 Å². The normalized spacial score (nSPS) is 16.3. The van der Waals surface area contributed by atoms with Crippen molar-refractivity contribution in [1.82, 2.24) is 4.57 Å². The van der Waals surface area contributed by atoms with Gasteiger partial charge in [-0.1, -0.05) is 53.3 Å². The first-order valence-corrected chi connectivity index (χ1v) is 10.2. The van der Waals surface area contributed by atoms with Gasteiger partial charge in [-0.05, 0) is 42.3 Å². The maximum atomic E-state index is 13.5. The molecular formula is C22H16ClFN2O3S. The Morgan fingerprint density at radius 2 is 1.93 bits per heavy atom. The lowest BCUT2D eigenvalue weighted by Crippen LogP contribution is -2.39. The van der Waals surface area contributed by atoms with Crippen LogP contribution in [-0.2, 0) is 9.53 Å². The van der Waals surface area contributed by atoms with Crippen molar-refractivity contribution in [3.63, 3.8) is 0 Å². The summed E-state index contributed by atoms with van der Waals surface area (Å²) in [6.07, 6.45) is 1.70. The fourth-order valence-electron chi connectivity index (χ4n) is 3.39. The number of thiazole rings is 1. The fourth-order valence-corrected chi connectivity index (χ4v) is 4.61. The number of allylic oxidation sites excluding steroid dienone is 1. The van der Waals surface area contributed by atoms with Gasteiger partial charge in [-0.15, -0.1) is 0 Å². The average Bonchev–Trinajstić information content (AvgIpc) is 3.03. The van der Waals surface area contributed by atoms with Crippen LogP contribution in [0.4, 0.5) is 4.39 Å². The van der Waals surface area contributed by atoms with Crippen molar-refractivity contribution in [3.05, 3.63) is 101 Å². The monoisotopic (exact) mass is 442 g/mol. The SMILES string of the molecule is COC(=O)C1=C(C)N=c2s/c(=C\c3ccccc3Cl)c(=O)n2[C@@H]1c1ccc(F)cc1. The molecule has 3 aromatic rings. The number of hydrogen-bond donors (Lipinski definition) is 0. The highest BCUT2D eigenvalue weighted by molar-refractivity contribution is 7.07. The molecule has 152 valence electrons. The van der Waals surface area contributed by atoms with E-state index in [-0.39, 0.29) is 11.1 Å². The Morgan fingerprint density at radius 1 is 1.23 bits per heavy atom. The number of halogens is 2. The summed E-state index contributed by atoms with van der Waals surface area (Å²) in [6.45, 7) is 1.69. The zero-order chi connectivity index (χ0) is 21.4. The van der Waals surface area contributed by atoms with E-state index >= 15 is 0 Å². The van der Waals surface area contributed by atoms with E-state index in [1.165, 1.54) is 35.1 Å². The standard InChI is InChI=1S/C22H16ClFN2O3S/c1-12-18(21(28)29-2)19(13-7-9-15(24)10-8-13)26-20(27)17(30-22(26)25-12)11-14-5-3-4-6-16(14)23/h3-11,19H,1-2H3/b17-11-/t19-/m1/s1. The molecule has 0 fully saturated rings. The predicted molar refractivity (Wildman–Crippen MR) is 114 cm³/mol. The van der Waals surface area contributed by atoms with Crippen molar-refractivity contribution in [2.24, 2.45) is 4.99 Å². The number of esters is 1. The van der Waals surface area contributed by atoms with Crippen LogP contribution in [0.15, 0.2) is 69.6 Å². The van der Waals surface area contributed by atoms with Crippen molar-refractivity contribution in [3.8, 4) is 0 Å². The molecule has 30 heavy (non-hydrogen) atoms. The maximum Gasteiger partial charge on any atom is 0.338 e. The number of benzene rings is 2. The molecule has 5 nitrogen and oxygen atoms in total. The summed E-state index contributed by atoms with van der Waals surface area (Å²) in [7, 11) is 1.27. The van der Waals surface area contributed by atoms with Crippen LogP contribution >= 0.6 is 22.9 Å². The van der Waals surface area contributed by atoms with Crippen molar-refractivity contribution in [1.29, 1.82) is 0 Å². The largest absolute Gasteiger partial charge is 0.466 e. The number of rotatable bonds is 3. The molecule has 0 saturated carbocycles. The highest BCUT2D eigenvalue weighted by Gasteiger charge is 2.33. The topological polar surface area (TPSA) is 60.7 Å². The molecule has 0 spiro atoms. The van der Waals surface area contributed by atoms with Crippen LogP contribution in [0, 0.1) is 5.82 Å². The Morgan fingerprint density at radius 3 is 2.60 bits per heavy atom. The van der Waals surface area contributed by atoms with Gasteiger partial charge >= 0.3 is 5.97 Å². The van der Waals surface area contributed by atoms with Gasteiger partial charge in [0.25, 0.3) is 5.56 Å². The molecule has 2 aromatic carbocycles. The number of fused-ring (bicyclic) bond motifs is 1. The Labute approximate surface area is 180 Å². The number of aromatic nitrogens is 1. The maximum absolute atomic E-state index is 13.5. The summed E-state index contributed by atoms with van der Waals surface area (Å²) in [4.78, 5) is 30.8. The second-order valence-electron chi connectivity index (χ2n) is 6.65. The van der Waals surface area contributed by atoms with E-state index < -0.39 is 17.8 Å². The van der Waals surface area contributed by atoms with Gasteiger partial charge in [0, 0.05) is 5.02 Å². The number of carbonyl (C=O) groups excluding carboxylic acids is 1. The molecule has 0 radical (unpaired) electrons. The minimum absolute atomic E-state index is 0.237. The van der Waals surface area contributed by atoms with Crippen LogP contribution in [0.25, 0.3) is 6.08 Å². The lowest BCUT2D eigenvalue weighted by Gasteiger charge is -2.24. The van der Waals surface area contributed by atoms with Gasteiger partial charge in [-0.25, -0.2) is 14.2 Å². The first-order chi connectivity index (χ1) is 14.4. The van der Waals surface area contributed by atoms with Crippen LogP contribution in [0.2, 0.25) is 5.02 Å². The molecular weight excluding hydrogens is 427 g/mol. The van der Waals surface area contributed by atoms with Crippen LogP contribution in [-0.4, -0.2) is 17.6 Å². The molecule has 1 atom stereocenters. The number of methoxy groups -OCH3 is 1. The third kappa shape index (κ3) is 3.51. The summed E-state index contributed by atoms with van der Waals surface area (Å²) >= 11 is 7.44. The molecule has 1 aromatic heterocycles. The second kappa shape index (κ2) is 8.01. The number of nitrogens with zero attached hydrogens (tertiary/aromatic N) is 2. The summed E-state index contributed by atoms with van der Waals surface area (Å²) < 4.78 is 20.3. The highest BCUT2D eigenvalue weighted by atomic mass is 35.5. The zero-order valence-corrected chi connectivity index (χ0v) is 17.6. The van der Waals surface area contributed by atoms with Crippen molar-refractivity contribution in [2.75, 3.05) is 7.11 Å².